The first-order chi connectivity index (χ1) is 13.1. The lowest BCUT2D eigenvalue weighted by atomic mass is 10.1. The quantitative estimate of drug-likeness (QED) is 0.740. The number of anilines is 1. The van der Waals surface area contributed by atoms with Gasteiger partial charge in [0.05, 0.1) is 17.3 Å². The molecule has 1 aliphatic carbocycles. The van der Waals surface area contributed by atoms with E-state index in [2.05, 4.69) is 20.9 Å². The van der Waals surface area contributed by atoms with Crippen molar-refractivity contribution in [3.63, 3.8) is 0 Å². The Kier molecular flexibility index (Phi) is 5.05. The zero-order valence-electron chi connectivity index (χ0n) is 15.5. The van der Waals surface area contributed by atoms with Crippen molar-refractivity contribution in [3.8, 4) is 0 Å². The molecule has 0 radical (unpaired) electrons. The van der Waals surface area contributed by atoms with Crippen LogP contribution in [0.4, 0.5) is 5.69 Å². The number of piperazine rings is 1. The smallest absolute Gasteiger partial charge is 0.238 e. The summed E-state index contributed by atoms with van der Waals surface area (Å²) in [6.45, 7) is 4.61. The van der Waals surface area contributed by atoms with Gasteiger partial charge in [-0.05, 0) is 37.1 Å². The maximum absolute atomic E-state index is 12.3. The van der Waals surface area contributed by atoms with E-state index in [0.29, 0.717) is 12.6 Å². The Labute approximate surface area is 158 Å². The first kappa shape index (κ1) is 17.9. The fourth-order valence-electron chi connectivity index (χ4n) is 3.43. The summed E-state index contributed by atoms with van der Waals surface area (Å²) in [4.78, 5) is 30.5. The highest BCUT2D eigenvalue weighted by Crippen LogP contribution is 2.20. The Morgan fingerprint density at radius 3 is 2.89 bits per heavy atom. The number of hydrogen-bond donors (Lipinski definition) is 3. The van der Waals surface area contributed by atoms with Crippen LogP contribution < -0.4 is 16.0 Å². The van der Waals surface area contributed by atoms with Gasteiger partial charge in [-0.3, -0.25) is 19.5 Å². The largest absolute Gasteiger partial charge is 0.352 e. The molecule has 1 atom stereocenters. The first-order valence-electron chi connectivity index (χ1n) is 9.50. The van der Waals surface area contributed by atoms with E-state index in [0.717, 1.165) is 54.8 Å². The van der Waals surface area contributed by atoms with E-state index in [-0.39, 0.29) is 17.9 Å². The van der Waals surface area contributed by atoms with Crippen LogP contribution in [0.1, 0.15) is 25.5 Å². The molecule has 2 fully saturated rings. The Bertz CT molecular complexity index is 865. The molecule has 27 heavy (non-hydrogen) atoms. The zero-order valence-corrected chi connectivity index (χ0v) is 15.5. The van der Waals surface area contributed by atoms with Crippen LogP contribution in [0, 0.1) is 0 Å². The number of aromatic nitrogens is 1. The van der Waals surface area contributed by atoms with E-state index in [1.54, 1.807) is 0 Å². The second-order valence-electron chi connectivity index (χ2n) is 7.42. The van der Waals surface area contributed by atoms with Crippen molar-refractivity contribution in [1.29, 1.82) is 0 Å². The number of carbonyl (C=O) groups is 2. The van der Waals surface area contributed by atoms with Gasteiger partial charge in [0.15, 0.2) is 0 Å². The molecule has 2 heterocycles. The van der Waals surface area contributed by atoms with E-state index in [1.807, 2.05) is 30.3 Å². The number of nitrogens with zero attached hydrogens (tertiary/aromatic N) is 2. The molecule has 142 valence electrons. The van der Waals surface area contributed by atoms with Crippen molar-refractivity contribution in [3.05, 3.63) is 36.0 Å². The van der Waals surface area contributed by atoms with Gasteiger partial charge in [0.1, 0.15) is 0 Å². The number of nitrogens with one attached hydrogen (secondary N) is 3. The van der Waals surface area contributed by atoms with E-state index in [1.165, 1.54) is 6.92 Å². The van der Waals surface area contributed by atoms with E-state index in [4.69, 9.17) is 4.98 Å². The summed E-state index contributed by atoms with van der Waals surface area (Å²) >= 11 is 0. The van der Waals surface area contributed by atoms with Crippen molar-refractivity contribution in [2.45, 2.75) is 38.4 Å². The molecule has 7 heteroatoms. The molecule has 7 nitrogen and oxygen atoms in total. The van der Waals surface area contributed by atoms with Gasteiger partial charge in [-0.15, -0.1) is 0 Å². The third-order valence-corrected chi connectivity index (χ3v) is 4.95. The number of fused-ring (bicyclic) bond motifs is 1. The minimum Gasteiger partial charge on any atom is -0.352 e. The molecule has 1 saturated carbocycles. The summed E-state index contributed by atoms with van der Waals surface area (Å²) < 4.78 is 0. The third-order valence-electron chi connectivity index (χ3n) is 4.95. The monoisotopic (exact) mass is 367 g/mol. The highest BCUT2D eigenvalue weighted by molar-refractivity contribution is 5.92. The van der Waals surface area contributed by atoms with Gasteiger partial charge in [-0.2, -0.15) is 0 Å². The Hall–Kier alpha value is -2.51. The van der Waals surface area contributed by atoms with Gasteiger partial charge in [0.2, 0.25) is 11.8 Å². The summed E-state index contributed by atoms with van der Waals surface area (Å²) in [5, 5.41) is 10.2. The summed E-state index contributed by atoms with van der Waals surface area (Å²) in [5.74, 6) is 0.0251. The molecule has 1 aliphatic heterocycles. The van der Waals surface area contributed by atoms with Crippen molar-refractivity contribution < 1.29 is 9.59 Å². The van der Waals surface area contributed by atoms with Crippen molar-refractivity contribution in [2.24, 2.45) is 0 Å². The highest BCUT2D eigenvalue weighted by atomic mass is 16.2. The van der Waals surface area contributed by atoms with Crippen LogP contribution >= 0.6 is 0 Å². The van der Waals surface area contributed by atoms with Gasteiger partial charge in [0, 0.05) is 50.2 Å². The van der Waals surface area contributed by atoms with Gasteiger partial charge >= 0.3 is 0 Å². The molecule has 0 spiro atoms. The van der Waals surface area contributed by atoms with Crippen LogP contribution in [0.25, 0.3) is 10.9 Å². The summed E-state index contributed by atoms with van der Waals surface area (Å²) in [6.07, 6.45) is 2.21. The van der Waals surface area contributed by atoms with Crippen molar-refractivity contribution >= 4 is 28.4 Å². The average molecular weight is 367 g/mol. The summed E-state index contributed by atoms with van der Waals surface area (Å²) in [5.41, 5.74) is 2.66. The normalized spacial score (nSPS) is 20.4. The van der Waals surface area contributed by atoms with Crippen LogP contribution in [-0.2, 0) is 16.1 Å². The maximum Gasteiger partial charge on any atom is 0.238 e. The predicted octanol–water partition coefficient (Wildman–Crippen LogP) is 1.25. The minimum absolute atomic E-state index is 0.0853. The van der Waals surface area contributed by atoms with Crippen LogP contribution in [0.15, 0.2) is 30.3 Å². The molecule has 2 aliphatic rings. The predicted molar refractivity (Wildman–Crippen MR) is 104 cm³/mol. The van der Waals surface area contributed by atoms with Crippen molar-refractivity contribution in [2.75, 3.05) is 25.0 Å². The molecule has 1 unspecified atom stereocenters. The SMILES string of the molecule is CC(=O)Nc1ccc2nc(CN3CCNC(C(=O)NC4CC4)C3)ccc2c1. The van der Waals surface area contributed by atoms with Gasteiger partial charge in [-0.1, -0.05) is 6.07 Å². The fourth-order valence-corrected chi connectivity index (χ4v) is 3.43. The number of rotatable bonds is 5. The number of pyridine rings is 1. The molecule has 3 N–H and O–H groups in total. The van der Waals surface area contributed by atoms with E-state index >= 15 is 0 Å². The molecule has 0 bridgehead atoms. The number of amides is 2. The van der Waals surface area contributed by atoms with Crippen LogP contribution in [0.2, 0.25) is 0 Å². The topological polar surface area (TPSA) is 86.4 Å². The average Bonchev–Trinajstić information content (AvgIpc) is 3.45. The first-order valence-corrected chi connectivity index (χ1v) is 9.50. The Balaban J connectivity index is 1.41. The lowest BCUT2D eigenvalue weighted by Gasteiger charge is -2.32. The molecule has 1 aromatic heterocycles. The van der Waals surface area contributed by atoms with E-state index in [9.17, 15) is 9.59 Å². The number of hydrogen-bond acceptors (Lipinski definition) is 5. The fraction of sp³-hybridized carbons (Fsp3) is 0.450. The second kappa shape index (κ2) is 7.62. The van der Waals surface area contributed by atoms with Gasteiger partial charge in [0.25, 0.3) is 0 Å². The molecule has 2 aromatic rings. The minimum atomic E-state index is -0.153. The van der Waals surface area contributed by atoms with Crippen molar-refractivity contribution in [1.82, 2.24) is 20.5 Å². The summed E-state index contributed by atoms with van der Waals surface area (Å²) in [7, 11) is 0. The maximum atomic E-state index is 12.3. The van der Waals surface area contributed by atoms with Crippen LogP contribution in [-0.4, -0.2) is 53.4 Å². The zero-order chi connectivity index (χ0) is 18.8. The van der Waals surface area contributed by atoms with Crippen LogP contribution in [0.3, 0.4) is 0 Å². The Morgan fingerprint density at radius 2 is 2.11 bits per heavy atom. The lowest BCUT2D eigenvalue weighted by molar-refractivity contribution is -0.124. The Morgan fingerprint density at radius 1 is 1.26 bits per heavy atom. The molecule has 2 amide bonds. The third kappa shape index (κ3) is 4.61. The molecular formula is C20H25N5O2. The molecular weight excluding hydrogens is 342 g/mol. The van der Waals surface area contributed by atoms with E-state index < -0.39 is 0 Å². The van der Waals surface area contributed by atoms with Crippen LogP contribution in [0.5, 0.6) is 0 Å². The number of carbonyl (C=O) groups excluding carboxylic acids is 2. The summed E-state index contributed by atoms with van der Waals surface area (Å²) in [6, 6.07) is 10.00. The standard InChI is InChI=1S/C20H25N5O2/c1-13(26)22-16-6-7-18-14(10-16)2-3-17(23-18)11-25-9-8-21-19(12-25)20(27)24-15-4-5-15/h2-3,6-7,10,15,19,21H,4-5,8-9,11-12H2,1H3,(H,22,26)(H,24,27). The number of benzene rings is 1. The second-order valence-corrected chi connectivity index (χ2v) is 7.42. The van der Waals surface area contributed by atoms with Gasteiger partial charge in [-0.25, -0.2) is 0 Å². The van der Waals surface area contributed by atoms with Gasteiger partial charge < -0.3 is 16.0 Å². The molecule has 4 rings (SSSR count). The lowest BCUT2D eigenvalue weighted by Crippen LogP contribution is -2.57. The highest BCUT2D eigenvalue weighted by Gasteiger charge is 2.30. The molecule has 1 aromatic carbocycles. The molecule has 1 saturated heterocycles.